The van der Waals surface area contributed by atoms with Crippen molar-refractivity contribution in [3.8, 4) is 0 Å². The maximum absolute atomic E-state index is 2.65. The van der Waals surface area contributed by atoms with Gasteiger partial charge in [-0.1, -0.05) is 0 Å². The average molecular weight is 523 g/mol. The first kappa shape index (κ1) is 22.2. The van der Waals surface area contributed by atoms with E-state index in [1.807, 2.05) is 0 Å². The summed E-state index contributed by atoms with van der Waals surface area (Å²) >= 11 is -1.70. The minimum absolute atomic E-state index is 0. The molecule has 134 valence electrons. The van der Waals surface area contributed by atoms with E-state index in [-0.39, 0.29) is 24.8 Å². The molecule has 0 N–H and O–H groups in total. The number of hydrogen-bond donors (Lipinski definition) is 0. The summed E-state index contributed by atoms with van der Waals surface area (Å²) in [4.78, 5) is 0. The quantitative estimate of drug-likeness (QED) is 0.494. The van der Waals surface area contributed by atoms with Crippen molar-refractivity contribution in [2.75, 3.05) is 0 Å². The van der Waals surface area contributed by atoms with Crippen molar-refractivity contribution in [3.63, 3.8) is 0 Å². The minimum Gasteiger partial charge on any atom is -1.00 e. The first-order chi connectivity index (χ1) is 11.6. The summed E-state index contributed by atoms with van der Waals surface area (Å²) in [5.74, 6) is 5.30. The molecule has 2 unspecified atom stereocenters. The van der Waals surface area contributed by atoms with Crippen molar-refractivity contribution >= 4 is 22.1 Å². The number of benzene rings is 2. The Morgan fingerprint density at radius 3 is 1.46 bits per heavy atom. The van der Waals surface area contributed by atoms with Crippen molar-refractivity contribution in [3.05, 3.63) is 81.9 Å². The molecule has 2 atom stereocenters. The molecule has 0 aromatic heterocycles. The summed E-state index contributed by atoms with van der Waals surface area (Å²) in [6.07, 6.45) is 4.95. The summed E-state index contributed by atoms with van der Waals surface area (Å²) in [6.45, 7) is 4.79. The molecule has 0 saturated carbocycles. The van der Waals surface area contributed by atoms with Crippen LogP contribution in [0.3, 0.4) is 0 Å². The summed E-state index contributed by atoms with van der Waals surface area (Å²) in [5, 5.41) is 0. The van der Waals surface area contributed by atoms with E-state index in [1.54, 1.807) is 22.3 Å². The molecule has 0 saturated heterocycles. The maximum atomic E-state index is 2.65. The largest absolute Gasteiger partial charge is 1.00 e. The second kappa shape index (κ2) is 8.95. The van der Waals surface area contributed by atoms with Gasteiger partial charge >= 0.3 is 155 Å². The van der Waals surface area contributed by atoms with Gasteiger partial charge in [-0.3, -0.25) is 0 Å². The van der Waals surface area contributed by atoms with E-state index >= 15 is 0 Å². The topological polar surface area (TPSA) is 0 Å². The molecule has 4 rings (SSSR count). The molecule has 2 aromatic carbocycles. The van der Waals surface area contributed by atoms with Gasteiger partial charge in [0.15, 0.2) is 0 Å². The number of allylic oxidation sites excluding steroid dienone is 2. The maximum Gasteiger partial charge on any atom is -1.00 e. The predicted octanol–water partition coefficient (Wildman–Crippen LogP) is 0.180. The molecule has 0 spiro atoms. The fourth-order valence-corrected chi connectivity index (χ4v) is 37.8. The molecule has 0 fully saturated rings. The smallest absolute Gasteiger partial charge is 1.00 e. The molecule has 0 heterocycles. The van der Waals surface area contributed by atoms with Crippen molar-refractivity contribution in [2.24, 2.45) is 0 Å². The Labute approximate surface area is 178 Å². The molecule has 0 bridgehead atoms. The van der Waals surface area contributed by atoms with Crippen LogP contribution in [0.5, 0.6) is 0 Å². The molecule has 2 aliphatic rings. The summed E-state index contributed by atoms with van der Waals surface area (Å²) < 4.78 is 1.60. The molecule has 2 aromatic rings. The third kappa shape index (κ3) is 3.75. The van der Waals surface area contributed by atoms with Gasteiger partial charge in [0.2, 0.25) is 0 Å². The fraction of sp³-hybridized carbons (Fsp3) is 0.273. The van der Waals surface area contributed by atoms with E-state index < -0.39 is 28.6 Å². The Hall–Kier alpha value is -0.0740. The van der Waals surface area contributed by atoms with Gasteiger partial charge in [0.05, 0.1) is 0 Å². The van der Waals surface area contributed by atoms with Gasteiger partial charge < -0.3 is 24.8 Å². The van der Waals surface area contributed by atoms with Crippen molar-refractivity contribution in [2.45, 2.75) is 32.6 Å². The summed E-state index contributed by atoms with van der Waals surface area (Å²) in [7, 11) is -0.971. The Kier molecular flexibility index (Phi) is 7.65. The van der Waals surface area contributed by atoms with Crippen LogP contribution in [0.15, 0.2) is 59.7 Å². The second-order valence-electron chi connectivity index (χ2n) is 7.36. The van der Waals surface area contributed by atoms with Crippen LogP contribution < -0.4 is 24.8 Å². The molecule has 26 heavy (non-hydrogen) atoms. The van der Waals surface area contributed by atoms with Crippen molar-refractivity contribution in [1.82, 2.24) is 0 Å². The monoisotopic (exact) mass is 522 g/mol. The SMILES string of the molecule is CC1=Cc2ccccc2[CH]1[Zr+2]([CH]1C(C)=Cc2ccccc21)=[Ge]([CH3])[CH3].[Cl-].[Cl-]. The standard InChI is InChI=1S/2C10H9.C2H6Ge.2ClH.Zr/c2*1-8-6-9-4-2-3-5-10(9)7-8;1-3-2;;;/h2*2-7H,1H3;1-2H3;2*1H;/q;;;;;+2/p-2. The van der Waals surface area contributed by atoms with Crippen LogP contribution in [-0.4, -0.2) is 9.98 Å². The predicted molar refractivity (Wildman–Crippen MR) is 103 cm³/mol. The van der Waals surface area contributed by atoms with Crippen LogP contribution in [0, 0.1) is 0 Å². The van der Waals surface area contributed by atoms with Gasteiger partial charge in [-0.15, -0.1) is 0 Å². The minimum atomic E-state index is -1.70. The van der Waals surface area contributed by atoms with E-state index in [0.29, 0.717) is 0 Å². The van der Waals surface area contributed by atoms with Crippen molar-refractivity contribution < 1.29 is 43.4 Å². The van der Waals surface area contributed by atoms with E-state index in [1.165, 1.54) is 11.1 Å². The third-order valence-electron chi connectivity index (χ3n) is 5.49. The molecule has 4 heteroatoms. The molecular weight excluding hydrogens is 499 g/mol. The first-order valence-electron chi connectivity index (χ1n) is 8.79. The molecule has 2 aliphatic carbocycles. The zero-order chi connectivity index (χ0) is 16.8. The van der Waals surface area contributed by atoms with Gasteiger partial charge in [-0.25, -0.2) is 0 Å². The number of fused-ring (bicyclic) bond motifs is 2. The molecule has 0 aliphatic heterocycles. The summed E-state index contributed by atoms with van der Waals surface area (Å²) in [6, 6.07) is 18.3. The van der Waals surface area contributed by atoms with Gasteiger partial charge in [0, 0.05) is 0 Å². The molecule has 0 amide bonds. The van der Waals surface area contributed by atoms with Gasteiger partial charge in [-0.05, 0) is 0 Å². The zero-order valence-corrected chi connectivity index (χ0v) is 21.8. The Bertz CT molecular complexity index is 854. The van der Waals surface area contributed by atoms with Gasteiger partial charge in [0.1, 0.15) is 0 Å². The van der Waals surface area contributed by atoms with Crippen LogP contribution >= 0.6 is 0 Å². The van der Waals surface area contributed by atoms with E-state index in [0.717, 1.165) is 7.25 Å². The Morgan fingerprint density at radius 1 is 0.692 bits per heavy atom. The molecule has 0 nitrogen and oxygen atoms in total. The van der Waals surface area contributed by atoms with Crippen LogP contribution in [0.25, 0.3) is 12.2 Å². The Morgan fingerprint density at radius 2 is 1.08 bits per heavy atom. The second-order valence-corrected chi connectivity index (χ2v) is 36.6. The van der Waals surface area contributed by atoms with Crippen LogP contribution in [0.4, 0.5) is 0 Å². The Balaban J connectivity index is 0.00000121. The normalized spacial score (nSPS) is 19.0. The van der Waals surface area contributed by atoms with Gasteiger partial charge in [0.25, 0.3) is 0 Å². The van der Waals surface area contributed by atoms with E-state index in [2.05, 4.69) is 86.0 Å². The van der Waals surface area contributed by atoms with Crippen LogP contribution in [-0.2, 0) is 18.6 Å². The zero-order valence-electron chi connectivity index (χ0n) is 15.7. The summed E-state index contributed by atoms with van der Waals surface area (Å²) in [5.41, 5.74) is 9.58. The third-order valence-corrected chi connectivity index (χ3v) is 36.7. The molecular formula is C22H24Cl2GeZr. The number of rotatable bonds is 2. The molecule has 0 radical (unpaired) electrons. The average Bonchev–Trinajstić information content (AvgIpc) is 3.05. The first-order valence-corrected chi connectivity index (χ1v) is 23.3. The van der Waals surface area contributed by atoms with Crippen molar-refractivity contribution in [1.29, 1.82) is 0 Å². The number of halogens is 2. The fourth-order valence-electron chi connectivity index (χ4n) is 4.53. The van der Waals surface area contributed by atoms with E-state index in [9.17, 15) is 0 Å². The van der Waals surface area contributed by atoms with Crippen LogP contribution in [0.1, 0.15) is 43.4 Å². The van der Waals surface area contributed by atoms with Gasteiger partial charge in [-0.2, -0.15) is 0 Å². The number of hydrogen-bond acceptors (Lipinski definition) is 0. The van der Waals surface area contributed by atoms with Crippen LogP contribution in [0.2, 0.25) is 11.5 Å². The van der Waals surface area contributed by atoms with E-state index in [4.69, 9.17) is 0 Å².